The summed E-state index contributed by atoms with van der Waals surface area (Å²) in [6.07, 6.45) is 5.06. The third kappa shape index (κ3) is 2.73. The van der Waals surface area contributed by atoms with Gasteiger partial charge in [0.1, 0.15) is 6.10 Å². The Hall–Kier alpha value is -1.17. The van der Waals surface area contributed by atoms with E-state index in [-0.39, 0.29) is 6.10 Å². The third-order valence-corrected chi connectivity index (χ3v) is 5.90. The molecule has 22 heavy (non-hydrogen) atoms. The lowest BCUT2D eigenvalue weighted by molar-refractivity contribution is 0.0655. The number of hydrogen-bond acceptors (Lipinski definition) is 5. The molecule has 2 aliphatic rings. The number of nitrogens with zero attached hydrogens (tertiary/aromatic N) is 3. The fraction of sp³-hybridized carbons (Fsp3) is 0.500. The van der Waals surface area contributed by atoms with Crippen molar-refractivity contribution in [3.05, 3.63) is 29.3 Å². The van der Waals surface area contributed by atoms with Crippen molar-refractivity contribution in [2.75, 3.05) is 7.05 Å². The van der Waals surface area contributed by atoms with Crippen LogP contribution in [0.4, 0.5) is 0 Å². The summed E-state index contributed by atoms with van der Waals surface area (Å²) in [7, 11) is 2.24. The minimum atomic E-state index is 0.272. The highest BCUT2D eigenvalue weighted by Crippen LogP contribution is 2.37. The van der Waals surface area contributed by atoms with Crippen molar-refractivity contribution in [3.63, 3.8) is 0 Å². The first-order valence-electron chi connectivity index (χ1n) is 7.67. The van der Waals surface area contributed by atoms with Crippen molar-refractivity contribution >= 4 is 22.9 Å². The molecule has 2 unspecified atom stereocenters. The molecule has 4 nitrogen and oxygen atoms in total. The van der Waals surface area contributed by atoms with Gasteiger partial charge in [0, 0.05) is 22.7 Å². The Labute approximate surface area is 139 Å². The molecule has 0 amide bonds. The van der Waals surface area contributed by atoms with E-state index in [1.807, 2.05) is 24.3 Å². The highest BCUT2D eigenvalue weighted by Gasteiger charge is 2.39. The van der Waals surface area contributed by atoms with Crippen LogP contribution in [0, 0.1) is 0 Å². The number of aromatic nitrogens is 2. The lowest BCUT2D eigenvalue weighted by Gasteiger charge is -2.35. The van der Waals surface area contributed by atoms with E-state index in [4.69, 9.17) is 16.3 Å². The van der Waals surface area contributed by atoms with Crippen molar-refractivity contribution in [3.8, 4) is 15.8 Å². The van der Waals surface area contributed by atoms with Crippen LogP contribution in [0.25, 0.3) is 10.6 Å². The maximum Gasteiger partial charge on any atom is 0.294 e. The molecule has 1 aromatic heterocycles. The second-order valence-corrected chi connectivity index (χ2v) is 7.52. The minimum Gasteiger partial charge on any atom is -0.465 e. The molecule has 0 saturated carbocycles. The molecule has 2 bridgehead atoms. The zero-order valence-electron chi connectivity index (χ0n) is 12.4. The monoisotopic (exact) mass is 335 g/mol. The van der Waals surface area contributed by atoms with E-state index >= 15 is 0 Å². The normalized spacial score (nSPS) is 28.0. The lowest BCUT2D eigenvalue weighted by Crippen LogP contribution is -2.43. The van der Waals surface area contributed by atoms with E-state index in [0.717, 1.165) is 23.4 Å². The zero-order chi connectivity index (χ0) is 15.1. The molecule has 1 aromatic carbocycles. The molecule has 2 fully saturated rings. The van der Waals surface area contributed by atoms with E-state index in [2.05, 4.69) is 22.1 Å². The van der Waals surface area contributed by atoms with Crippen LogP contribution in [0.3, 0.4) is 0 Å². The van der Waals surface area contributed by atoms with Crippen molar-refractivity contribution in [1.29, 1.82) is 0 Å². The summed E-state index contributed by atoms with van der Waals surface area (Å²) in [4.78, 5) is 2.51. The summed E-state index contributed by atoms with van der Waals surface area (Å²) in [5.74, 6) is 0. The molecule has 0 N–H and O–H groups in total. The predicted octanol–water partition coefficient (Wildman–Crippen LogP) is 3.86. The quantitative estimate of drug-likeness (QED) is 0.853. The minimum absolute atomic E-state index is 0.272. The van der Waals surface area contributed by atoms with Gasteiger partial charge < -0.3 is 9.64 Å². The second kappa shape index (κ2) is 5.80. The first kappa shape index (κ1) is 14.4. The van der Waals surface area contributed by atoms with Gasteiger partial charge in [-0.15, -0.1) is 5.10 Å². The van der Waals surface area contributed by atoms with E-state index in [0.29, 0.717) is 22.3 Å². The topological polar surface area (TPSA) is 38.2 Å². The molecule has 6 heteroatoms. The Morgan fingerprint density at radius 3 is 2.73 bits per heavy atom. The summed E-state index contributed by atoms with van der Waals surface area (Å²) in [6.45, 7) is 0. The summed E-state index contributed by atoms with van der Waals surface area (Å²) in [5.41, 5.74) is 0.989. The van der Waals surface area contributed by atoms with Crippen molar-refractivity contribution in [2.45, 2.75) is 43.9 Å². The first-order valence-corrected chi connectivity index (χ1v) is 8.86. The number of piperidine rings is 1. The fourth-order valence-corrected chi connectivity index (χ4v) is 4.54. The van der Waals surface area contributed by atoms with Crippen LogP contribution in [-0.2, 0) is 0 Å². The van der Waals surface area contributed by atoms with Crippen LogP contribution in [0.2, 0.25) is 5.02 Å². The van der Waals surface area contributed by atoms with Gasteiger partial charge in [-0.3, -0.25) is 0 Å². The van der Waals surface area contributed by atoms with E-state index in [1.165, 1.54) is 24.2 Å². The number of benzene rings is 1. The number of rotatable bonds is 3. The average molecular weight is 336 g/mol. The van der Waals surface area contributed by atoms with Gasteiger partial charge in [0.15, 0.2) is 5.01 Å². The van der Waals surface area contributed by atoms with Crippen molar-refractivity contribution in [2.24, 2.45) is 0 Å². The van der Waals surface area contributed by atoms with E-state index in [9.17, 15) is 0 Å². The SMILES string of the molecule is CN1C2CC[C@H]1CC(Oc1nnc(-c3cccc(Cl)c3)s1)C2. The van der Waals surface area contributed by atoms with Gasteiger partial charge in [-0.05, 0) is 44.9 Å². The average Bonchev–Trinajstić information content (AvgIpc) is 3.02. The van der Waals surface area contributed by atoms with Gasteiger partial charge in [0.05, 0.1) is 0 Å². The molecular formula is C16H18ClN3OS. The van der Waals surface area contributed by atoms with Gasteiger partial charge in [-0.2, -0.15) is 0 Å². The molecule has 0 spiro atoms. The molecule has 2 aliphatic heterocycles. The van der Waals surface area contributed by atoms with Gasteiger partial charge in [-0.1, -0.05) is 40.2 Å². The lowest BCUT2D eigenvalue weighted by atomic mass is 10.0. The highest BCUT2D eigenvalue weighted by atomic mass is 35.5. The van der Waals surface area contributed by atoms with E-state index < -0.39 is 0 Å². The predicted molar refractivity (Wildman–Crippen MR) is 88.6 cm³/mol. The molecule has 0 aliphatic carbocycles. The van der Waals surface area contributed by atoms with Crippen LogP contribution in [-0.4, -0.2) is 40.3 Å². The third-order valence-electron chi connectivity index (χ3n) is 4.80. The summed E-state index contributed by atoms with van der Waals surface area (Å²) >= 11 is 7.53. The number of halogens is 1. The van der Waals surface area contributed by atoms with Gasteiger partial charge in [0.2, 0.25) is 0 Å². The van der Waals surface area contributed by atoms with Crippen LogP contribution in [0.15, 0.2) is 24.3 Å². The number of fused-ring (bicyclic) bond motifs is 2. The van der Waals surface area contributed by atoms with Crippen LogP contribution >= 0.6 is 22.9 Å². The van der Waals surface area contributed by atoms with Crippen LogP contribution in [0.5, 0.6) is 5.19 Å². The maximum atomic E-state index is 6.10. The van der Waals surface area contributed by atoms with Crippen molar-refractivity contribution < 1.29 is 4.74 Å². The van der Waals surface area contributed by atoms with Crippen molar-refractivity contribution in [1.82, 2.24) is 15.1 Å². The van der Waals surface area contributed by atoms with Crippen LogP contribution in [0.1, 0.15) is 25.7 Å². The molecule has 0 radical (unpaired) electrons. The largest absolute Gasteiger partial charge is 0.465 e. The molecule has 4 rings (SSSR count). The Morgan fingerprint density at radius 1 is 1.23 bits per heavy atom. The molecular weight excluding hydrogens is 318 g/mol. The first-order chi connectivity index (χ1) is 10.7. The van der Waals surface area contributed by atoms with Gasteiger partial charge in [0.25, 0.3) is 5.19 Å². The number of hydrogen-bond donors (Lipinski definition) is 0. The maximum absolute atomic E-state index is 6.10. The van der Waals surface area contributed by atoms with E-state index in [1.54, 1.807) is 0 Å². The molecule has 3 heterocycles. The number of ether oxygens (including phenoxy) is 1. The molecule has 2 aromatic rings. The molecule has 2 saturated heterocycles. The summed E-state index contributed by atoms with van der Waals surface area (Å²) in [6, 6.07) is 9.02. The standard InChI is InChI=1S/C16H18ClN3OS/c1-20-12-5-6-13(20)9-14(8-12)21-16-19-18-15(22-16)10-3-2-4-11(17)7-10/h2-4,7,12-14H,5-6,8-9H2,1H3/t12-,13?,14?/m0/s1. The Kier molecular flexibility index (Phi) is 3.80. The van der Waals surface area contributed by atoms with Crippen LogP contribution < -0.4 is 4.74 Å². The Morgan fingerprint density at radius 2 is 2.00 bits per heavy atom. The Bertz CT molecular complexity index is 663. The van der Waals surface area contributed by atoms with Gasteiger partial charge >= 0.3 is 0 Å². The smallest absolute Gasteiger partial charge is 0.294 e. The molecule has 3 atom stereocenters. The summed E-state index contributed by atoms with van der Waals surface area (Å²) < 4.78 is 6.10. The second-order valence-electron chi connectivity index (χ2n) is 6.15. The highest BCUT2D eigenvalue weighted by molar-refractivity contribution is 7.16. The summed E-state index contributed by atoms with van der Waals surface area (Å²) in [5, 5.41) is 10.7. The Balaban J connectivity index is 1.46. The molecule has 116 valence electrons. The van der Waals surface area contributed by atoms with Gasteiger partial charge in [-0.25, -0.2) is 0 Å². The zero-order valence-corrected chi connectivity index (χ0v) is 14.0. The fourth-order valence-electron chi connectivity index (χ4n) is 3.60.